The molecule has 1 saturated heterocycles. The van der Waals surface area contributed by atoms with E-state index in [9.17, 15) is 0 Å². The highest BCUT2D eigenvalue weighted by Gasteiger charge is 2.42. The molecule has 0 amide bonds. The Morgan fingerprint density at radius 1 is 0.923 bits per heavy atom. The number of hydrogen-bond donors (Lipinski definition) is 1. The summed E-state index contributed by atoms with van der Waals surface area (Å²) >= 11 is 18.4. The van der Waals surface area contributed by atoms with Gasteiger partial charge in [0.25, 0.3) is 0 Å². The lowest BCUT2D eigenvalue weighted by atomic mass is 10.0. The van der Waals surface area contributed by atoms with Crippen LogP contribution in [0.15, 0.2) is 108 Å². The first-order chi connectivity index (χ1) is 19.0. The van der Waals surface area contributed by atoms with Crippen molar-refractivity contribution in [1.29, 1.82) is 0 Å². The molecule has 1 fully saturated rings. The quantitative estimate of drug-likeness (QED) is 0.205. The molecule has 3 heterocycles. The predicted molar refractivity (Wildman–Crippen MR) is 160 cm³/mol. The Kier molecular flexibility index (Phi) is 7.00. The summed E-state index contributed by atoms with van der Waals surface area (Å²) in [6, 6.07) is 30.3. The lowest BCUT2D eigenvalue weighted by Crippen LogP contribution is -2.29. The molecule has 5 aromatic rings. The third-order valence-electron chi connectivity index (χ3n) is 6.65. The van der Waals surface area contributed by atoms with Gasteiger partial charge in [0.1, 0.15) is 29.1 Å². The van der Waals surface area contributed by atoms with Crippen LogP contribution in [-0.2, 0) is 0 Å². The van der Waals surface area contributed by atoms with Crippen LogP contribution >= 0.6 is 35.4 Å². The van der Waals surface area contributed by atoms with E-state index in [-0.39, 0.29) is 12.1 Å². The highest BCUT2D eigenvalue weighted by Crippen LogP contribution is 2.44. The van der Waals surface area contributed by atoms with E-state index in [2.05, 4.69) is 15.2 Å². The monoisotopic (exact) mass is 571 g/mol. The fraction of sp³-hybridized carbons (Fsp3) is 0.0968. The van der Waals surface area contributed by atoms with Crippen LogP contribution in [-0.4, -0.2) is 10.1 Å². The molecule has 0 unspecified atom stereocenters. The summed E-state index contributed by atoms with van der Waals surface area (Å²) in [6.07, 6.45) is 1.78. The van der Waals surface area contributed by atoms with Crippen LogP contribution in [0.3, 0.4) is 0 Å². The van der Waals surface area contributed by atoms with Crippen molar-refractivity contribution >= 4 is 46.2 Å². The molecule has 0 radical (unpaired) electrons. The molecule has 0 spiro atoms. The van der Waals surface area contributed by atoms with Gasteiger partial charge in [-0.05, 0) is 97.5 Å². The van der Waals surface area contributed by atoms with Crippen molar-refractivity contribution in [1.82, 2.24) is 10.3 Å². The van der Waals surface area contributed by atoms with Crippen LogP contribution < -0.4 is 15.0 Å². The summed E-state index contributed by atoms with van der Waals surface area (Å²) in [6.45, 7) is 2.02. The van der Waals surface area contributed by atoms with E-state index in [4.69, 9.17) is 44.6 Å². The fourth-order valence-corrected chi connectivity index (χ4v) is 5.59. The number of anilines is 1. The molecule has 6 rings (SSSR count). The Morgan fingerprint density at radius 3 is 2.46 bits per heavy atom. The van der Waals surface area contributed by atoms with Crippen molar-refractivity contribution < 1.29 is 9.15 Å². The lowest BCUT2D eigenvalue weighted by molar-refractivity contribution is 0.439. The molecular formula is C31H23Cl2N3O2S. The van der Waals surface area contributed by atoms with E-state index in [1.165, 1.54) is 0 Å². The molecule has 194 valence electrons. The minimum Gasteiger partial charge on any atom is -0.459 e. The van der Waals surface area contributed by atoms with Crippen LogP contribution in [0, 0.1) is 6.92 Å². The number of thiocarbonyl (C=S) groups is 1. The second-order valence-electron chi connectivity index (χ2n) is 9.18. The van der Waals surface area contributed by atoms with Crippen LogP contribution in [0.1, 0.15) is 29.1 Å². The van der Waals surface area contributed by atoms with E-state index in [1.54, 1.807) is 18.3 Å². The zero-order valence-corrected chi connectivity index (χ0v) is 23.2. The van der Waals surface area contributed by atoms with E-state index in [0.717, 1.165) is 39.8 Å². The molecule has 5 nitrogen and oxygen atoms in total. The number of benzene rings is 3. The van der Waals surface area contributed by atoms with Crippen LogP contribution in [0.2, 0.25) is 10.0 Å². The Morgan fingerprint density at radius 2 is 1.72 bits per heavy atom. The first-order valence-electron chi connectivity index (χ1n) is 12.4. The van der Waals surface area contributed by atoms with Crippen LogP contribution in [0.4, 0.5) is 5.69 Å². The van der Waals surface area contributed by atoms with Gasteiger partial charge in [-0.25, -0.2) is 0 Å². The fourth-order valence-electron chi connectivity index (χ4n) is 4.74. The maximum absolute atomic E-state index is 6.48. The van der Waals surface area contributed by atoms with Gasteiger partial charge in [-0.1, -0.05) is 47.5 Å². The third-order valence-corrected chi connectivity index (χ3v) is 7.51. The lowest BCUT2D eigenvalue weighted by Gasteiger charge is -2.26. The van der Waals surface area contributed by atoms with Crippen LogP contribution in [0.25, 0.3) is 11.3 Å². The van der Waals surface area contributed by atoms with Gasteiger partial charge in [-0.15, -0.1) is 0 Å². The summed E-state index contributed by atoms with van der Waals surface area (Å²) < 4.78 is 12.5. The van der Waals surface area contributed by atoms with E-state index in [0.29, 0.717) is 20.9 Å². The van der Waals surface area contributed by atoms with Gasteiger partial charge in [0.2, 0.25) is 0 Å². The number of pyridine rings is 1. The topological polar surface area (TPSA) is 50.5 Å². The number of nitrogens with one attached hydrogen (secondary N) is 1. The number of para-hydroxylation sites is 1. The number of aromatic nitrogens is 1. The number of furan rings is 1. The number of rotatable bonds is 6. The van der Waals surface area contributed by atoms with Crippen molar-refractivity contribution in [3.63, 3.8) is 0 Å². The SMILES string of the molecule is Cc1ccccc1Oc1ccc(N2C(=S)N[C@H](c3ccccn3)[C@H]2c2ccc(-c3ccc(Cl)cc3Cl)o2)cc1. The molecule has 39 heavy (non-hydrogen) atoms. The Bertz CT molecular complexity index is 1640. The van der Waals surface area contributed by atoms with Crippen molar-refractivity contribution in [3.8, 4) is 22.8 Å². The highest BCUT2D eigenvalue weighted by atomic mass is 35.5. The molecule has 1 aliphatic heterocycles. The van der Waals surface area contributed by atoms with Gasteiger partial charge in [-0.2, -0.15) is 0 Å². The second-order valence-corrected chi connectivity index (χ2v) is 10.4. The number of ether oxygens (including phenoxy) is 1. The van der Waals surface area contributed by atoms with Crippen molar-refractivity contribution in [2.24, 2.45) is 0 Å². The maximum atomic E-state index is 6.48. The summed E-state index contributed by atoms with van der Waals surface area (Å²) in [5.41, 5.74) is 3.59. The van der Waals surface area contributed by atoms with Crippen LogP contribution in [0.5, 0.6) is 11.5 Å². The van der Waals surface area contributed by atoms with Crippen molar-refractivity contribution in [2.45, 2.75) is 19.0 Å². The normalized spacial score (nSPS) is 16.8. The van der Waals surface area contributed by atoms with Gasteiger partial charge in [-0.3, -0.25) is 4.98 Å². The van der Waals surface area contributed by atoms with Gasteiger partial charge in [0, 0.05) is 22.5 Å². The molecule has 1 N–H and O–H groups in total. The molecule has 2 atom stereocenters. The second kappa shape index (κ2) is 10.7. The summed E-state index contributed by atoms with van der Waals surface area (Å²) in [5.74, 6) is 2.92. The number of halogens is 2. The standard InChI is InChI=1S/C31H23Cl2N3O2S/c1-19-6-2-3-8-26(19)37-22-12-10-21(11-13-22)36-30(29(35-31(36)39)25-7-4-5-17-34-25)28-16-15-27(38-28)23-14-9-20(32)18-24(23)33/h2-18,29-30H,1H3,(H,35,39)/t29-,30-/m1/s1. The summed E-state index contributed by atoms with van der Waals surface area (Å²) in [7, 11) is 0. The number of hydrogen-bond acceptors (Lipinski definition) is 4. The molecule has 3 aromatic carbocycles. The minimum absolute atomic E-state index is 0.235. The molecule has 8 heteroatoms. The van der Waals surface area contributed by atoms with Gasteiger partial charge in [0.15, 0.2) is 5.11 Å². The zero-order valence-electron chi connectivity index (χ0n) is 20.8. The largest absolute Gasteiger partial charge is 0.459 e. The molecule has 0 bridgehead atoms. The number of aryl methyl sites for hydroxylation is 1. The van der Waals surface area contributed by atoms with E-state index in [1.807, 2.05) is 91.9 Å². The zero-order chi connectivity index (χ0) is 26.9. The molecule has 0 saturated carbocycles. The van der Waals surface area contributed by atoms with Gasteiger partial charge >= 0.3 is 0 Å². The molecular weight excluding hydrogens is 549 g/mol. The number of nitrogens with zero attached hydrogens (tertiary/aromatic N) is 2. The first-order valence-corrected chi connectivity index (χ1v) is 13.5. The highest BCUT2D eigenvalue weighted by molar-refractivity contribution is 7.80. The average molecular weight is 573 g/mol. The Labute approximate surface area is 242 Å². The third kappa shape index (κ3) is 5.11. The smallest absolute Gasteiger partial charge is 0.174 e. The molecule has 0 aliphatic carbocycles. The van der Waals surface area contributed by atoms with Gasteiger partial charge < -0.3 is 19.4 Å². The Hall–Kier alpha value is -3.84. The minimum atomic E-state index is -0.296. The summed E-state index contributed by atoms with van der Waals surface area (Å²) in [5, 5.41) is 5.12. The predicted octanol–water partition coefficient (Wildman–Crippen LogP) is 8.93. The molecule has 2 aromatic heterocycles. The van der Waals surface area contributed by atoms with Crippen molar-refractivity contribution in [3.05, 3.63) is 130 Å². The van der Waals surface area contributed by atoms with Gasteiger partial charge in [0.05, 0.1) is 16.8 Å². The Balaban J connectivity index is 1.36. The first kappa shape index (κ1) is 25.4. The van der Waals surface area contributed by atoms with E-state index < -0.39 is 0 Å². The summed E-state index contributed by atoms with van der Waals surface area (Å²) in [4.78, 5) is 6.66. The molecule has 1 aliphatic rings. The maximum Gasteiger partial charge on any atom is 0.174 e. The average Bonchev–Trinajstić information content (AvgIpc) is 3.55. The van der Waals surface area contributed by atoms with E-state index >= 15 is 0 Å². The van der Waals surface area contributed by atoms with Crippen molar-refractivity contribution in [2.75, 3.05) is 4.90 Å².